The van der Waals surface area contributed by atoms with Gasteiger partial charge in [-0.1, -0.05) is 57.1 Å². The Labute approximate surface area is 101 Å². The van der Waals surface area contributed by atoms with Crippen LogP contribution in [0.1, 0.15) is 11.1 Å². The molecule has 0 aliphatic carbocycles. The normalized spacial score (nSPS) is 9.62. The van der Waals surface area contributed by atoms with Gasteiger partial charge in [0.25, 0.3) is 0 Å². The Morgan fingerprint density at radius 3 is 1.44 bits per heavy atom. The van der Waals surface area contributed by atoms with E-state index in [1.165, 1.54) is 21.7 Å². The van der Waals surface area contributed by atoms with E-state index in [2.05, 4.69) is 62.4 Å². The second-order valence-electron chi connectivity index (χ2n) is 3.75. The largest absolute Gasteiger partial charge is 0.0620 e. The summed E-state index contributed by atoms with van der Waals surface area (Å²) >= 11 is 0. The highest BCUT2D eigenvalue weighted by atomic mass is 31.1. The van der Waals surface area contributed by atoms with Gasteiger partial charge < -0.3 is 0 Å². The van der Waals surface area contributed by atoms with E-state index in [9.17, 15) is 0 Å². The van der Waals surface area contributed by atoms with Gasteiger partial charge >= 0.3 is 0 Å². The highest BCUT2D eigenvalue weighted by molar-refractivity contribution is 7.55. The smallest absolute Gasteiger partial charge is 0 e. The van der Waals surface area contributed by atoms with Gasteiger partial charge in [0.1, 0.15) is 0 Å². The van der Waals surface area contributed by atoms with Crippen molar-refractivity contribution in [3.05, 3.63) is 59.7 Å². The van der Waals surface area contributed by atoms with Crippen molar-refractivity contribution in [3.63, 3.8) is 0 Å². The van der Waals surface area contributed by atoms with Crippen molar-refractivity contribution >= 4 is 27.6 Å². The van der Waals surface area contributed by atoms with E-state index in [1.807, 2.05) is 0 Å². The minimum atomic E-state index is 0. The zero-order chi connectivity index (χ0) is 10.7. The number of hydrogen-bond acceptors (Lipinski definition) is 0. The molecule has 2 rings (SSSR count). The molecule has 2 heteroatoms. The van der Waals surface area contributed by atoms with Crippen LogP contribution in [0, 0.1) is 13.8 Å². The minimum Gasteiger partial charge on any atom is -0.0620 e. The number of benzene rings is 2. The predicted molar refractivity (Wildman–Crippen MR) is 75.7 cm³/mol. The van der Waals surface area contributed by atoms with Crippen LogP contribution in [0.2, 0.25) is 0 Å². The molecular weight excluding hydrogens is 210 g/mol. The van der Waals surface area contributed by atoms with Crippen molar-refractivity contribution in [1.29, 1.82) is 0 Å². The predicted octanol–water partition coefficient (Wildman–Crippen LogP) is 2.55. The lowest BCUT2D eigenvalue weighted by molar-refractivity contribution is 1.51. The molecule has 2 aromatic rings. The molecule has 0 heterocycles. The summed E-state index contributed by atoms with van der Waals surface area (Å²) in [5.41, 5.74) is 2.78. The fraction of sp³-hybridized carbons (Fsp3) is 0.143. The molecule has 0 spiro atoms. The summed E-state index contributed by atoms with van der Waals surface area (Å²) in [7, 11) is 0.774. The maximum absolute atomic E-state index is 2.22. The van der Waals surface area contributed by atoms with E-state index in [0.717, 1.165) is 8.58 Å². The molecule has 0 saturated heterocycles. The third kappa shape index (κ3) is 2.96. The molecule has 0 atom stereocenters. The Bertz CT molecular complexity index is 422. The van der Waals surface area contributed by atoms with Crippen LogP contribution < -0.4 is 10.6 Å². The molecule has 0 aromatic heterocycles. The van der Waals surface area contributed by atoms with E-state index in [-0.39, 0.29) is 8.41 Å². The molecule has 0 unspecified atom stereocenters. The summed E-state index contributed by atoms with van der Waals surface area (Å²) < 4.78 is 0. The fourth-order valence-corrected chi connectivity index (χ4v) is 2.78. The van der Waals surface area contributed by atoms with E-state index < -0.39 is 0 Å². The van der Waals surface area contributed by atoms with E-state index >= 15 is 0 Å². The van der Waals surface area contributed by atoms with Gasteiger partial charge in [-0.25, -0.2) is 0 Å². The van der Waals surface area contributed by atoms with Crippen LogP contribution in [0.15, 0.2) is 48.5 Å². The molecule has 0 aliphatic rings. The average molecular weight is 225 g/mol. The topological polar surface area (TPSA) is 0 Å². The van der Waals surface area contributed by atoms with Crippen molar-refractivity contribution in [2.45, 2.75) is 13.8 Å². The van der Waals surface area contributed by atoms with Crippen LogP contribution in [0.3, 0.4) is 0 Å². The lowest BCUT2D eigenvalue weighted by atomic mass is 10.2. The molecule has 0 N–H and O–H groups in total. The molecule has 16 heavy (non-hydrogen) atoms. The summed E-state index contributed by atoms with van der Waals surface area (Å²) in [6.45, 7) is 4.36. The van der Waals surface area contributed by atoms with Crippen molar-refractivity contribution in [1.82, 2.24) is 0 Å². The van der Waals surface area contributed by atoms with Crippen LogP contribution >= 0.6 is 8.58 Å². The monoisotopic (exact) mass is 225 g/mol. The summed E-state index contributed by atoms with van der Waals surface area (Å²) in [4.78, 5) is 0. The van der Waals surface area contributed by atoms with Gasteiger partial charge in [-0.2, -0.15) is 0 Å². The van der Waals surface area contributed by atoms with Crippen LogP contribution in [0.4, 0.5) is 0 Å². The number of aryl methyl sites for hydroxylation is 2. The van der Waals surface area contributed by atoms with E-state index in [4.69, 9.17) is 0 Å². The van der Waals surface area contributed by atoms with Gasteiger partial charge in [0.15, 0.2) is 0 Å². The van der Waals surface area contributed by atoms with E-state index in [1.54, 1.807) is 0 Å². The maximum Gasteiger partial charge on any atom is 0 e. The summed E-state index contributed by atoms with van der Waals surface area (Å²) in [6.07, 6.45) is 0. The van der Waals surface area contributed by atoms with Gasteiger partial charge in [-0.3, -0.25) is 0 Å². The van der Waals surface area contributed by atoms with Gasteiger partial charge in [-0.15, -0.1) is 0 Å². The Morgan fingerprint density at radius 1 is 0.688 bits per heavy atom. The fourth-order valence-electron chi connectivity index (χ4n) is 1.57. The van der Waals surface area contributed by atoms with Gasteiger partial charge in [0.2, 0.25) is 0 Å². The standard InChI is InChI=1S/C14H15P.B/c1-11-7-3-5-9-13(11)15-14-10-6-4-8-12(14)2;/h3-10,15H,1-2H3;. The van der Waals surface area contributed by atoms with Crippen LogP contribution in [-0.4, -0.2) is 8.41 Å². The highest BCUT2D eigenvalue weighted by Crippen LogP contribution is 2.15. The Hall–Kier alpha value is -1.07. The van der Waals surface area contributed by atoms with Crippen LogP contribution in [0.5, 0.6) is 0 Å². The van der Waals surface area contributed by atoms with Crippen molar-refractivity contribution in [2.24, 2.45) is 0 Å². The lowest BCUT2D eigenvalue weighted by Crippen LogP contribution is -2.08. The Morgan fingerprint density at radius 2 is 1.06 bits per heavy atom. The van der Waals surface area contributed by atoms with Crippen molar-refractivity contribution < 1.29 is 0 Å². The Balaban J connectivity index is 0.00000128. The van der Waals surface area contributed by atoms with Crippen LogP contribution in [0.25, 0.3) is 0 Å². The molecule has 79 valence electrons. The Kier molecular flexibility index (Phi) is 4.77. The zero-order valence-corrected chi connectivity index (χ0v) is 10.7. The van der Waals surface area contributed by atoms with Crippen molar-refractivity contribution in [3.8, 4) is 0 Å². The van der Waals surface area contributed by atoms with Gasteiger partial charge in [0, 0.05) is 8.41 Å². The summed E-state index contributed by atoms with van der Waals surface area (Å²) in [5, 5.41) is 2.90. The third-order valence-electron chi connectivity index (χ3n) is 2.56. The third-order valence-corrected chi connectivity index (χ3v) is 4.22. The lowest BCUT2D eigenvalue weighted by Gasteiger charge is -2.08. The zero-order valence-electron chi connectivity index (χ0n) is 9.70. The molecule has 2 aromatic carbocycles. The molecular formula is C14H15BP. The number of hydrogen-bond donors (Lipinski definition) is 0. The minimum absolute atomic E-state index is 0. The first kappa shape index (κ1) is 13.0. The maximum atomic E-state index is 2.22. The summed E-state index contributed by atoms with van der Waals surface area (Å²) in [5.74, 6) is 0. The van der Waals surface area contributed by atoms with Crippen LogP contribution in [-0.2, 0) is 0 Å². The molecule has 0 nitrogen and oxygen atoms in total. The summed E-state index contributed by atoms with van der Waals surface area (Å²) in [6, 6.07) is 17.2. The highest BCUT2D eigenvalue weighted by Gasteiger charge is 2.00. The molecule has 3 radical (unpaired) electrons. The second-order valence-corrected chi connectivity index (χ2v) is 5.08. The van der Waals surface area contributed by atoms with Crippen molar-refractivity contribution in [2.75, 3.05) is 0 Å². The second kappa shape index (κ2) is 5.87. The first-order chi connectivity index (χ1) is 7.27. The molecule has 0 aliphatic heterocycles. The number of rotatable bonds is 2. The molecule has 0 fully saturated rings. The van der Waals surface area contributed by atoms with Gasteiger partial charge in [-0.05, 0) is 35.6 Å². The molecule has 0 bridgehead atoms. The quantitative estimate of drug-likeness (QED) is 0.544. The van der Waals surface area contributed by atoms with Gasteiger partial charge in [0.05, 0.1) is 0 Å². The van der Waals surface area contributed by atoms with E-state index in [0.29, 0.717) is 0 Å². The molecule has 0 saturated carbocycles. The first-order valence-electron chi connectivity index (χ1n) is 5.15. The average Bonchev–Trinajstić information content (AvgIpc) is 2.24. The first-order valence-corrected chi connectivity index (χ1v) is 6.15. The molecule has 0 amide bonds. The SMILES string of the molecule is Cc1ccccc1Pc1ccccc1C.[B].